The number of rotatable bonds is 8. The number of allylic oxidation sites excluding steroid dienone is 5. The van der Waals surface area contributed by atoms with E-state index in [1.54, 1.807) is 6.07 Å². The first-order valence-electron chi connectivity index (χ1n) is 13.8. The fraction of sp³-hybridized carbons (Fsp3) is 0.333. The van der Waals surface area contributed by atoms with Crippen LogP contribution in [0.5, 0.6) is 5.75 Å². The zero-order valence-corrected chi connectivity index (χ0v) is 23.9. The van der Waals surface area contributed by atoms with Crippen molar-refractivity contribution in [2.45, 2.75) is 57.8 Å². The van der Waals surface area contributed by atoms with Gasteiger partial charge in [0.25, 0.3) is 11.8 Å². The number of ether oxygens (including phenoxy) is 2. The third kappa shape index (κ3) is 5.22. The first-order valence-corrected chi connectivity index (χ1v) is 13.8. The van der Waals surface area contributed by atoms with Crippen LogP contribution >= 0.6 is 0 Å². The van der Waals surface area contributed by atoms with Gasteiger partial charge in [-0.15, -0.1) is 0 Å². The highest BCUT2D eigenvalue weighted by atomic mass is 16.6. The number of carbonyl (C=O) groups is 1. The molecule has 2 aromatic rings. The Morgan fingerprint density at radius 3 is 2.68 bits per heavy atom. The second-order valence-corrected chi connectivity index (χ2v) is 11.2. The lowest BCUT2D eigenvalue weighted by molar-refractivity contribution is -0.492. The van der Waals surface area contributed by atoms with Crippen LogP contribution < -0.4 is 9.64 Å². The number of nitro groups is 1. The van der Waals surface area contributed by atoms with Crippen molar-refractivity contribution in [1.29, 1.82) is 0 Å². The van der Waals surface area contributed by atoms with Gasteiger partial charge in [-0.1, -0.05) is 24.8 Å². The van der Waals surface area contributed by atoms with Gasteiger partial charge in [-0.05, 0) is 67.8 Å². The number of carbonyl (C=O) groups excluding carboxylic acids is 2. The molecular formula is C33H35N2O6+. The minimum atomic E-state index is -0.906. The number of fused-ring (bicyclic) bond motifs is 2. The first-order chi connectivity index (χ1) is 19.5. The molecule has 0 bridgehead atoms. The van der Waals surface area contributed by atoms with Gasteiger partial charge in [0.15, 0.2) is 0 Å². The zero-order chi connectivity index (χ0) is 29.4. The topological polar surface area (TPSA) is 93.2 Å². The summed E-state index contributed by atoms with van der Waals surface area (Å²) in [5.41, 5.74) is 3.18. The largest absolute Gasteiger partial charge is 0.464 e. The van der Waals surface area contributed by atoms with Crippen LogP contribution in [0.15, 0.2) is 84.5 Å². The van der Waals surface area contributed by atoms with E-state index in [0.717, 1.165) is 28.2 Å². The maximum absolute atomic E-state index is 12.7. The molecule has 212 valence electrons. The average molecular weight is 556 g/mol. The number of esters is 1. The van der Waals surface area contributed by atoms with Gasteiger partial charge in [0, 0.05) is 49.7 Å². The smallest absolute Gasteiger partial charge is 0.350 e. The molecule has 0 amide bonds. The van der Waals surface area contributed by atoms with Crippen molar-refractivity contribution in [3.8, 4) is 5.75 Å². The van der Waals surface area contributed by atoms with Crippen LogP contribution in [0.4, 0.5) is 11.4 Å². The highest BCUT2D eigenvalue weighted by molar-refractivity contribution is 6.07. The Hall–Kier alpha value is -4.46. The molecule has 1 spiro atoms. The summed E-state index contributed by atoms with van der Waals surface area (Å²) in [6.07, 6.45) is 10.5. The van der Waals surface area contributed by atoms with Gasteiger partial charge >= 0.3 is 11.8 Å². The van der Waals surface area contributed by atoms with Crippen LogP contribution in [-0.2, 0) is 19.4 Å². The molecule has 1 aliphatic carbocycles. The summed E-state index contributed by atoms with van der Waals surface area (Å²) in [6.45, 7) is 12.8. The fourth-order valence-electron chi connectivity index (χ4n) is 5.72. The number of hydrogen-bond donors (Lipinski definition) is 0. The molecular weight excluding hydrogens is 520 g/mol. The number of nitro benzene ring substituents is 1. The maximum Gasteiger partial charge on any atom is 0.350 e. The number of ketones is 1. The minimum absolute atomic E-state index is 0.0111. The molecule has 41 heavy (non-hydrogen) atoms. The van der Waals surface area contributed by atoms with Crippen molar-refractivity contribution in [3.63, 3.8) is 0 Å². The van der Waals surface area contributed by atoms with E-state index in [0.29, 0.717) is 24.3 Å². The molecule has 8 heteroatoms. The maximum atomic E-state index is 12.7. The zero-order valence-electron chi connectivity index (χ0n) is 23.9. The molecule has 0 aromatic heterocycles. The molecule has 5 rings (SSSR count). The molecule has 2 aliphatic heterocycles. The number of anilines is 1. The van der Waals surface area contributed by atoms with Crippen LogP contribution in [0.25, 0.3) is 6.08 Å². The van der Waals surface area contributed by atoms with Crippen LogP contribution in [0.3, 0.4) is 0 Å². The molecule has 0 fully saturated rings. The average Bonchev–Trinajstić information content (AvgIpc) is 3.11. The lowest BCUT2D eigenvalue weighted by atomic mass is 9.76. The molecule has 0 radical (unpaired) electrons. The minimum Gasteiger partial charge on any atom is -0.464 e. The van der Waals surface area contributed by atoms with Gasteiger partial charge in [-0.2, -0.15) is 0 Å². The quantitative estimate of drug-likeness (QED) is 0.123. The Morgan fingerprint density at radius 2 is 1.95 bits per heavy atom. The van der Waals surface area contributed by atoms with Gasteiger partial charge in [-0.25, -0.2) is 0 Å². The lowest BCUT2D eigenvalue weighted by Gasteiger charge is -2.47. The number of non-ortho nitro benzene ring substituents is 1. The van der Waals surface area contributed by atoms with Crippen LogP contribution in [0.1, 0.15) is 51.7 Å². The monoisotopic (exact) mass is 555 g/mol. The summed E-state index contributed by atoms with van der Waals surface area (Å²) in [5, 5.41) is 11.3. The molecule has 3 aliphatic rings. The standard InChI is InChI=1S/C33H35N2O6/c1-22(2)40-29-13-10-24(20-23(29)3)11-15-31(36)39-19-18-34-28-9-7-6-8-27(28)32(4,5)33(34)17-16-25-21-26(35(37)38)12-14-30(25)41-33/h6-10,12-14,16-17,20-22H,3,11,15,18-19H2,1-2,4-5H3/q+1. The van der Waals surface area contributed by atoms with Gasteiger partial charge in [-0.3, -0.25) is 19.3 Å². The van der Waals surface area contributed by atoms with E-state index >= 15 is 0 Å². The summed E-state index contributed by atoms with van der Waals surface area (Å²) < 4.78 is 18.1. The van der Waals surface area contributed by atoms with E-state index in [-0.39, 0.29) is 30.8 Å². The van der Waals surface area contributed by atoms with Crippen molar-refractivity contribution in [3.05, 3.63) is 106 Å². The van der Waals surface area contributed by atoms with E-state index in [9.17, 15) is 14.9 Å². The van der Waals surface area contributed by atoms with Gasteiger partial charge < -0.3 is 14.4 Å². The van der Waals surface area contributed by atoms with Crippen molar-refractivity contribution >= 4 is 29.2 Å². The van der Waals surface area contributed by atoms with Gasteiger partial charge in [0.05, 0.1) is 22.5 Å². The van der Waals surface area contributed by atoms with E-state index in [1.165, 1.54) is 12.1 Å². The normalized spacial score (nSPS) is 21.1. The molecule has 2 aromatic carbocycles. The first kappa shape index (κ1) is 28.1. The van der Waals surface area contributed by atoms with Crippen LogP contribution in [-0.4, -0.2) is 41.7 Å². The van der Waals surface area contributed by atoms with Crippen LogP contribution in [0.2, 0.25) is 0 Å². The molecule has 0 saturated carbocycles. The van der Waals surface area contributed by atoms with Crippen LogP contribution in [0, 0.1) is 10.1 Å². The predicted octanol–water partition coefficient (Wildman–Crippen LogP) is 6.38. The molecule has 1 unspecified atom stereocenters. The highest BCUT2D eigenvalue weighted by Gasteiger charge is 2.58. The second kappa shape index (κ2) is 10.8. The Kier molecular flexibility index (Phi) is 7.43. The third-order valence-corrected chi connectivity index (χ3v) is 7.81. The summed E-state index contributed by atoms with van der Waals surface area (Å²) in [5.74, 6) is 1.03. The van der Waals surface area contributed by atoms with E-state index in [2.05, 4.69) is 31.4 Å². The van der Waals surface area contributed by atoms with Crippen molar-refractivity contribution in [1.82, 2.24) is 0 Å². The second-order valence-electron chi connectivity index (χ2n) is 11.2. The summed E-state index contributed by atoms with van der Waals surface area (Å²) in [6, 6.07) is 12.7. The summed E-state index contributed by atoms with van der Waals surface area (Å²) >= 11 is 0. The lowest BCUT2D eigenvalue weighted by Crippen LogP contribution is -2.60. The van der Waals surface area contributed by atoms with Gasteiger partial charge in [0.1, 0.15) is 12.4 Å². The van der Waals surface area contributed by atoms with E-state index in [1.807, 2.05) is 62.4 Å². The molecule has 0 N–H and O–H groups in total. The van der Waals surface area contributed by atoms with E-state index < -0.39 is 16.1 Å². The SMILES string of the molecule is C=C1C=C(CCC(=O)OCCN2c3ccccc3C(C)(C)C23C=Cc2cc([N+](=O)[O-])ccc2O3)C=CC1=[O+]C(C)C. The fourth-order valence-corrected chi connectivity index (χ4v) is 5.72. The molecule has 1 atom stereocenters. The Balaban J connectivity index is 1.28. The molecule has 8 nitrogen and oxygen atoms in total. The molecule has 0 saturated heterocycles. The number of para-hydroxylation sites is 1. The summed E-state index contributed by atoms with van der Waals surface area (Å²) in [4.78, 5) is 25.7. The summed E-state index contributed by atoms with van der Waals surface area (Å²) in [7, 11) is 0. The van der Waals surface area contributed by atoms with Gasteiger partial charge in [0.2, 0.25) is 5.72 Å². The van der Waals surface area contributed by atoms with E-state index in [4.69, 9.17) is 13.9 Å². The Labute approximate surface area is 240 Å². The number of nitrogens with zero attached hydrogens (tertiary/aromatic N) is 2. The highest BCUT2D eigenvalue weighted by Crippen LogP contribution is 2.54. The molecule has 2 heterocycles. The Bertz CT molecular complexity index is 1530. The Morgan fingerprint density at radius 1 is 1.17 bits per heavy atom. The van der Waals surface area contributed by atoms with Crippen molar-refractivity contribution in [2.75, 3.05) is 18.1 Å². The van der Waals surface area contributed by atoms with Crippen molar-refractivity contribution in [2.24, 2.45) is 0 Å². The number of hydrogen-bond acceptors (Lipinski definition) is 6. The van der Waals surface area contributed by atoms with Crippen molar-refractivity contribution < 1.29 is 23.6 Å². The number of benzene rings is 2. The predicted molar refractivity (Wildman–Crippen MR) is 159 cm³/mol. The third-order valence-electron chi connectivity index (χ3n) is 7.81.